The normalized spacial score (nSPS) is 22.4. The standard InChI is InChI=1S/C19H23N/c1-16-12-14-19(15-13-16)20(17-8-4-2-5-9-17)18-10-6-3-7-11-18/h2-11,16,19H,12-15H2,1H3. The predicted octanol–water partition coefficient (Wildman–Crippen LogP) is 5.40. The van der Waals surface area contributed by atoms with Crippen LogP contribution in [0.25, 0.3) is 0 Å². The summed E-state index contributed by atoms with van der Waals surface area (Å²) >= 11 is 0. The molecule has 2 aromatic carbocycles. The van der Waals surface area contributed by atoms with Crippen LogP contribution in [0, 0.1) is 5.92 Å². The number of hydrogen-bond donors (Lipinski definition) is 0. The lowest BCUT2D eigenvalue weighted by Crippen LogP contribution is -2.34. The van der Waals surface area contributed by atoms with Gasteiger partial charge in [-0.1, -0.05) is 43.3 Å². The Labute approximate surface area is 122 Å². The van der Waals surface area contributed by atoms with Gasteiger partial charge in [0, 0.05) is 17.4 Å². The maximum absolute atomic E-state index is 2.53. The summed E-state index contributed by atoms with van der Waals surface area (Å²) in [4.78, 5) is 2.53. The molecule has 0 N–H and O–H groups in total. The Hall–Kier alpha value is -1.76. The van der Waals surface area contributed by atoms with Crippen molar-refractivity contribution in [1.29, 1.82) is 0 Å². The molecule has 20 heavy (non-hydrogen) atoms. The van der Waals surface area contributed by atoms with Crippen molar-refractivity contribution in [3.8, 4) is 0 Å². The number of nitrogens with zero attached hydrogens (tertiary/aromatic N) is 1. The minimum atomic E-state index is 0.635. The molecule has 0 spiro atoms. The van der Waals surface area contributed by atoms with Crippen LogP contribution < -0.4 is 4.90 Å². The summed E-state index contributed by atoms with van der Waals surface area (Å²) in [5.74, 6) is 0.889. The molecule has 1 aliphatic carbocycles. The zero-order valence-electron chi connectivity index (χ0n) is 12.2. The van der Waals surface area contributed by atoms with Crippen LogP contribution in [-0.4, -0.2) is 6.04 Å². The van der Waals surface area contributed by atoms with Crippen molar-refractivity contribution in [2.45, 2.75) is 38.6 Å². The molecular formula is C19H23N. The molecule has 0 unspecified atom stereocenters. The average molecular weight is 265 g/mol. The largest absolute Gasteiger partial charge is 0.338 e. The van der Waals surface area contributed by atoms with Gasteiger partial charge in [0.15, 0.2) is 0 Å². The van der Waals surface area contributed by atoms with Crippen molar-refractivity contribution in [2.24, 2.45) is 5.92 Å². The van der Waals surface area contributed by atoms with Crippen LogP contribution in [-0.2, 0) is 0 Å². The number of para-hydroxylation sites is 2. The summed E-state index contributed by atoms with van der Waals surface area (Å²) in [6.07, 6.45) is 5.29. The Morgan fingerprint density at radius 2 is 1.15 bits per heavy atom. The van der Waals surface area contributed by atoms with Crippen molar-refractivity contribution >= 4 is 11.4 Å². The molecule has 1 saturated carbocycles. The topological polar surface area (TPSA) is 3.24 Å². The lowest BCUT2D eigenvalue weighted by Gasteiger charge is -2.38. The molecule has 1 heteroatoms. The fourth-order valence-electron chi connectivity index (χ4n) is 3.25. The summed E-state index contributed by atoms with van der Waals surface area (Å²) in [6.45, 7) is 2.38. The lowest BCUT2D eigenvalue weighted by atomic mass is 9.86. The van der Waals surface area contributed by atoms with Crippen molar-refractivity contribution in [1.82, 2.24) is 0 Å². The minimum absolute atomic E-state index is 0.635. The third-order valence-electron chi connectivity index (χ3n) is 4.42. The van der Waals surface area contributed by atoms with Gasteiger partial charge in [-0.15, -0.1) is 0 Å². The number of hydrogen-bond acceptors (Lipinski definition) is 1. The molecule has 0 saturated heterocycles. The van der Waals surface area contributed by atoms with E-state index in [2.05, 4.69) is 72.5 Å². The molecule has 0 aliphatic heterocycles. The zero-order valence-corrected chi connectivity index (χ0v) is 12.2. The van der Waals surface area contributed by atoms with E-state index in [0.29, 0.717) is 6.04 Å². The summed E-state index contributed by atoms with van der Waals surface area (Å²) in [5, 5.41) is 0. The quantitative estimate of drug-likeness (QED) is 0.718. The maximum Gasteiger partial charge on any atom is 0.0413 e. The van der Waals surface area contributed by atoms with Gasteiger partial charge in [0.05, 0.1) is 0 Å². The second kappa shape index (κ2) is 6.13. The second-order valence-electron chi connectivity index (χ2n) is 5.95. The number of rotatable bonds is 3. The molecule has 104 valence electrons. The Morgan fingerprint density at radius 1 is 0.700 bits per heavy atom. The van der Waals surface area contributed by atoms with Gasteiger partial charge in [0.1, 0.15) is 0 Å². The first-order chi connectivity index (χ1) is 9.84. The molecule has 1 fully saturated rings. The molecular weight excluding hydrogens is 242 g/mol. The molecule has 1 nitrogen and oxygen atoms in total. The molecule has 0 amide bonds. The smallest absolute Gasteiger partial charge is 0.0413 e. The van der Waals surface area contributed by atoms with Crippen LogP contribution in [0.15, 0.2) is 60.7 Å². The van der Waals surface area contributed by atoms with E-state index in [1.165, 1.54) is 37.1 Å². The first-order valence-corrected chi connectivity index (χ1v) is 7.74. The van der Waals surface area contributed by atoms with Gasteiger partial charge in [0.2, 0.25) is 0 Å². The van der Waals surface area contributed by atoms with Gasteiger partial charge in [-0.2, -0.15) is 0 Å². The Morgan fingerprint density at radius 3 is 1.60 bits per heavy atom. The van der Waals surface area contributed by atoms with E-state index in [0.717, 1.165) is 5.92 Å². The summed E-state index contributed by atoms with van der Waals surface area (Å²) in [6, 6.07) is 22.3. The van der Waals surface area contributed by atoms with Gasteiger partial charge in [-0.25, -0.2) is 0 Å². The average Bonchev–Trinajstić information content (AvgIpc) is 2.52. The molecule has 0 aromatic heterocycles. The van der Waals surface area contributed by atoms with E-state index in [9.17, 15) is 0 Å². The fourth-order valence-corrected chi connectivity index (χ4v) is 3.25. The van der Waals surface area contributed by atoms with E-state index in [-0.39, 0.29) is 0 Å². The summed E-state index contributed by atoms with van der Waals surface area (Å²) in [7, 11) is 0. The van der Waals surface area contributed by atoms with Gasteiger partial charge >= 0.3 is 0 Å². The first-order valence-electron chi connectivity index (χ1n) is 7.74. The van der Waals surface area contributed by atoms with Gasteiger partial charge in [-0.3, -0.25) is 0 Å². The zero-order chi connectivity index (χ0) is 13.8. The second-order valence-corrected chi connectivity index (χ2v) is 5.95. The molecule has 0 atom stereocenters. The van der Waals surface area contributed by atoms with E-state index >= 15 is 0 Å². The van der Waals surface area contributed by atoms with Crippen LogP contribution in [0.5, 0.6) is 0 Å². The predicted molar refractivity (Wildman–Crippen MR) is 86.4 cm³/mol. The Balaban J connectivity index is 1.92. The lowest BCUT2D eigenvalue weighted by molar-refractivity contribution is 0.345. The van der Waals surface area contributed by atoms with Crippen molar-refractivity contribution < 1.29 is 0 Å². The number of anilines is 2. The van der Waals surface area contributed by atoms with E-state index in [4.69, 9.17) is 0 Å². The monoisotopic (exact) mass is 265 g/mol. The number of benzene rings is 2. The highest BCUT2D eigenvalue weighted by atomic mass is 15.2. The highest BCUT2D eigenvalue weighted by Crippen LogP contribution is 2.35. The van der Waals surface area contributed by atoms with Crippen LogP contribution in [0.2, 0.25) is 0 Å². The molecule has 2 aromatic rings. The summed E-state index contributed by atoms with van der Waals surface area (Å²) < 4.78 is 0. The molecule has 0 heterocycles. The van der Waals surface area contributed by atoms with E-state index in [1.807, 2.05) is 0 Å². The minimum Gasteiger partial charge on any atom is -0.338 e. The first kappa shape index (κ1) is 13.2. The SMILES string of the molecule is CC1CCC(N(c2ccccc2)c2ccccc2)CC1. The van der Waals surface area contributed by atoms with Gasteiger partial charge in [-0.05, 0) is 55.9 Å². The van der Waals surface area contributed by atoms with Crippen LogP contribution in [0.1, 0.15) is 32.6 Å². The van der Waals surface area contributed by atoms with E-state index < -0.39 is 0 Å². The molecule has 0 radical (unpaired) electrons. The molecule has 0 bridgehead atoms. The van der Waals surface area contributed by atoms with Gasteiger partial charge < -0.3 is 4.90 Å². The molecule has 1 aliphatic rings. The van der Waals surface area contributed by atoms with Crippen LogP contribution in [0.4, 0.5) is 11.4 Å². The Bertz CT molecular complexity index is 472. The highest BCUT2D eigenvalue weighted by molar-refractivity contribution is 5.64. The highest BCUT2D eigenvalue weighted by Gasteiger charge is 2.25. The molecule has 3 rings (SSSR count). The maximum atomic E-state index is 2.53. The van der Waals surface area contributed by atoms with Crippen molar-refractivity contribution in [3.05, 3.63) is 60.7 Å². The summed E-state index contributed by atoms with van der Waals surface area (Å²) in [5.41, 5.74) is 2.64. The van der Waals surface area contributed by atoms with Crippen LogP contribution in [0.3, 0.4) is 0 Å². The van der Waals surface area contributed by atoms with Crippen molar-refractivity contribution in [3.63, 3.8) is 0 Å². The third kappa shape index (κ3) is 2.87. The van der Waals surface area contributed by atoms with E-state index in [1.54, 1.807) is 0 Å². The third-order valence-corrected chi connectivity index (χ3v) is 4.42. The van der Waals surface area contributed by atoms with Crippen molar-refractivity contribution in [2.75, 3.05) is 4.90 Å². The fraction of sp³-hybridized carbons (Fsp3) is 0.368. The Kier molecular flexibility index (Phi) is 4.05. The van der Waals surface area contributed by atoms with Gasteiger partial charge in [0.25, 0.3) is 0 Å². The van der Waals surface area contributed by atoms with Crippen LogP contribution >= 0.6 is 0 Å².